The van der Waals surface area contributed by atoms with Crippen LogP contribution in [0.25, 0.3) is 0 Å². The average molecular weight is 198 g/mol. The predicted octanol–water partition coefficient (Wildman–Crippen LogP) is -0.0258. The second-order valence-corrected chi connectivity index (χ2v) is 4.55. The highest BCUT2D eigenvalue weighted by atomic mass is 16.5. The summed E-state index contributed by atoms with van der Waals surface area (Å²) in [6.45, 7) is 4.90. The van der Waals surface area contributed by atoms with Gasteiger partial charge in [-0.05, 0) is 25.9 Å². The number of ether oxygens (including phenoxy) is 1. The summed E-state index contributed by atoms with van der Waals surface area (Å²) in [7, 11) is 0. The van der Waals surface area contributed by atoms with Gasteiger partial charge in [-0.1, -0.05) is 0 Å². The van der Waals surface area contributed by atoms with E-state index in [2.05, 4.69) is 4.90 Å². The van der Waals surface area contributed by atoms with Gasteiger partial charge in [-0.3, -0.25) is 4.79 Å². The number of piperidine rings is 1. The number of likely N-dealkylation sites (tertiary alicyclic amines) is 1. The Morgan fingerprint density at radius 1 is 1.36 bits per heavy atom. The minimum atomic E-state index is -0.197. The summed E-state index contributed by atoms with van der Waals surface area (Å²) in [6, 6.07) is 0. The molecule has 1 amide bonds. The van der Waals surface area contributed by atoms with E-state index in [9.17, 15) is 4.79 Å². The lowest BCUT2D eigenvalue weighted by atomic mass is 9.77. The maximum absolute atomic E-state index is 10.6. The van der Waals surface area contributed by atoms with Crippen LogP contribution in [0.4, 0.5) is 0 Å². The number of nitrogens with two attached hydrogens (primary N) is 1. The molecule has 2 N–H and O–H groups in total. The Kier molecular flexibility index (Phi) is 2.74. The molecule has 2 saturated heterocycles. The van der Waals surface area contributed by atoms with Crippen molar-refractivity contribution in [1.29, 1.82) is 0 Å². The third kappa shape index (κ3) is 2.07. The molecule has 0 radical (unpaired) electrons. The fourth-order valence-corrected chi connectivity index (χ4v) is 2.20. The van der Waals surface area contributed by atoms with Crippen LogP contribution in [-0.4, -0.2) is 43.7 Å². The molecule has 4 heteroatoms. The van der Waals surface area contributed by atoms with Crippen LogP contribution in [0.1, 0.15) is 19.3 Å². The van der Waals surface area contributed by atoms with E-state index in [0.717, 1.165) is 32.8 Å². The molecule has 0 aliphatic carbocycles. The number of nitrogens with zero attached hydrogens (tertiary/aromatic N) is 1. The maximum Gasteiger partial charge on any atom is 0.218 e. The Morgan fingerprint density at radius 3 is 2.43 bits per heavy atom. The Balaban J connectivity index is 1.70. The first-order chi connectivity index (χ1) is 6.70. The smallest absolute Gasteiger partial charge is 0.218 e. The largest absolute Gasteiger partial charge is 0.380 e. The summed E-state index contributed by atoms with van der Waals surface area (Å²) in [5.41, 5.74) is 5.60. The number of primary amides is 1. The average Bonchev–Trinajstić information content (AvgIpc) is 2.13. The van der Waals surface area contributed by atoms with Gasteiger partial charge in [0.15, 0.2) is 0 Å². The molecule has 0 bridgehead atoms. The second-order valence-electron chi connectivity index (χ2n) is 4.55. The predicted molar refractivity (Wildman–Crippen MR) is 52.7 cm³/mol. The summed E-state index contributed by atoms with van der Waals surface area (Å²) in [5, 5.41) is 0. The van der Waals surface area contributed by atoms with E-state index in [1.807, 2.05) is 0 Å². The Morgan fingerprint density at radius 2 is 2.00 bits per heavy atom. The van der Waals surface area contributed by atoms with E-state index in [-0.39, 0.29) is 5.91 Å². The minimum absolute atomic E-state index is 0.197. The van der Waals surface area contributed by atoms with Crippen LogP contribution in [0.2, 0.25) is 0 Å². The van der Waals surface area contributed by atoms with Crippen molar-refractivity contribution in [3.05, 3.63) is 0 Å². The fraction of sp³-hybridized carbons (Fsp3) is 0.900. The molecule has 0 saturated carbocycles. The van der Waals surface area contributed by atoms with Gasteiger partial charge in [0.2, 0.25) is 5.91 Å². The molecule has 2 rings (SSSR count). The van der Waals surface area contributed by atoms with Gasteiger partial charge in [-0.25, -0.2) is 0 Å². The Hall–Kier alpha value is -0.610. The van der Waals surface area contributed by atoms with Crippen LogP contribution >= 0.6 is 0 Å². The van der Waals surface area contributed by atoms with Crippen molar-refractivity contribution in [3.63, 3.8) is 0 Å². The van der Waals surface area contributed by atoms with Gasteiger partial charge < -0.3 is 15.4 Å². The first-order valence-corrected chi connectivity index (χ1v) is 5.29. The van der Waals surface area contributed by atoms with Gasteiger partial charge >= 0.3 is 0 Å². The highest BCUT2D eigenvalue weighted by molar-refractivity contribution is 5.73. The van der Waals surface area contributed by atoms with E-state index < -0.39 is 0 Å². The standard InChI is InChI=1S/C10H18N2O2/c11-9(13)1-4-12-5-2-10(3-6-12)7-14-8-10/h1-8H2,(H2,11,13). The number of hydrogen-bond donors (Lipinski definition) is 1. The maximum atomic E-state index is 10.6. The zero-order valence-corrected chi connectivity index (χ0v) is 8.50. The van der Waals surface area contributed by atoms with E-state index in [1.54, 1.807) is 0 Å². The van der Waals surface area contributed by atoms with Crippen LogP contribution in [0.15, 0.2) is 0 Å². The van der Waals surface area contributed by atoms with Crippen LogP contribution in [0, 0.1) is 5.41 Å². The third-order valence-electron chi connectivity index (χ3n) is 3.41. The number of rotatable bonds is 3. The lowest BCUT2D eigenvalue weighted by Gasteiger charge is -2.47. The molecule has 0 atom stereocenters. The Labute approximate surface area is 84.4 Å². The van der Waals surface area contributed by atoms with E-state index >= 15 is 0 Å². The fourth-order valence-electron chi connectivity index (χ4n) is 2.20. The van der Waals surface area contributed by atoms with Crippen molar-refractivity contribution < 1.29 is 9.53 Å². The molecule has 2 heterocycles. The van der Waals surface area contributed by atoms with Gasteiger partial charge in [-0.15, -0.1) is 0 Å². The molecule has 14 heavy (non-hydrogen) atoms. The van der Waals surface area contributed by atoms with Crippen molar-refractivity contribution in [3.8, 4) is 0 Å². The molecule has 0 aromatic rings. The molecule has 0 unspecified atom stereocenters. The van der Waals surface area contributed by atoms with E-state index in [0.29, 0.717) is 11.8 Å². The molecular formula is C10H18N2O2. The summed E-state index contributed by atoms with van der Waals surface area (Å²) >= 11 is 0. The van der Waals surface area contributed by atoms with Crippen LogP contribution in [0.5, 0.6) is 0 Å². The van der Waals surface area contributed by atoms with Crippen molar-refractivity contribution in [2.45, 2.75) is 19.3 Å². The van der Waals surface area contributed by atoms with Gasteiger partial charge in [0.05, 0.1) is 13.2 Å². The quantitative estimate of drug-likeness (QED) is 0.693. The van der Waals surface area contributed by atoms with Crippen molar-refractivity contribution in [2.75, 3.05) is 32.8 Å². The van der Waals surface area contributed by atoms with Crippen LogP contribution < -0.4 is 5.73 Å². The van der Waals surface area contributed by atoms with Gasteiger partial charge in [-0.2, -0.15) is 0 Å². The molecule has 80 valence electrons. The van der Waals surface area contributed by atoms with Crippen molar-refractivity contribution in [1.82, 2.24) is 4.90 Å². The monoisotopic (exact) mass is 198 g/mol. The molecular weight excluding hydrogens is 180 g/mol. The second kappa shape index (κ2) is 3.87. The topological polar surface area (TPSA) is 55.6 Å². The Bertz CT molecular complexity index is 216. The highest BCUT2D eigenvalue weighted by Gasteiger charge is 2.40. The molecule has 2 aliphatic heterocycles. The highest BCUT2D eigenvalue weighted by Crippen LogP contribution is 2.38. The summed E-state index contributed by atoms with van der Waals surface area (Å²) in [6.07, 6.45) is 2.92. The summed E-state index contributed by atoms with van der Waals surface area (Å²) < 4.78 is 5.26. The zero-order chi connectivity index (χ0) is 10.0. The van der Waals surface area contributed by atoms with Crippen molar-refractivity contribution in [2.24, 2.45) is 11.1 Å². The van der Waals surface area contributed by atoms with Gasteiger partial charge in [0.25, 0.3) is 0 Å². The van der Waals surface area contributed by atoms with Gasteiger partial charge in [0.1, 0.15) is 0 Å². The van der Waals surface area contributed by atoms with Crippen molar-refractivity contribution >= 4 is 5.91 Å². The number of carbonyl (C=O) groups is 1. The van der Waals surface area contributed by atoms with E-state index in [4.69, 9.17) is 10.5 Å². The number of hydrogen-bond acceptors (Lipinski definition) is 3. The minimum Gasteiger partial charge on any atom is -0.380 e. The van der Waals surface area contributed by atoms with E-state index in [1.165, 1.54) is 12.8 Å². The molecule has 1 spiro atoms. The normalized spacial score (nSPS) is 26.0. The zero-order valence-electron chi connectivity index (χ0n) is 8.50. The molecule has 4 nitrogen and oxygen atoms in total. The number of carbonyl (C=O) groups excluding carboxylic acids is 1. The molecule has 0 aromatic carbocycles. The number of amides is 1. The first-order valence-electron chi connectivity index (χ1n) is 5.29. The summed E-state index contributed by atoms with van der Waals surface area (Å²) in [4.78, 5) is 12.9. The lowest BCUT2D eigenvalue weighted by molar-refractivity contribution is -0.140. The molecule has 0 aromatic heterocycles. The third-order valence-corrected chi connectivity index (χ3v) is 3.41. The lowest BCUT2D eigenvalue weighted by Crippen LogP contribution is -2.51. The summed E-state index contributed by atoms with van der Waals surface area (Å²) in [5.74, 6) is -0.197. The van der Waals surface area contributed by atoms with Crippen LogP contribution in [-0.2, 0) is 9.53 Å². The SMILES string of the molecule is NC(=O)CCN1CCC2(CC1)COC2. The first kappa shape index (κ1) is 9.93. The molecule has 2 aliphatic rings. The van der Waals surface area contributed by atoms with Gasteiger partial charge in [0, 0.05) is 18.4 Å². The van der Waals surface area contributed by atoms with Crippen LogP contribution in [0.3, 0.4) is 0 Å². The molecule has 2 fully saturated rings.